The van der Waals surface area contributed by atoms with Gasteiger partial charge in [0.15, 0.2) is 0 Å². The molecule has 24 heavy (non-hydrogen) atoms. The number of amides is 1. The maximum Gasteiger partial charge on any atom is 0.247 e. The van der Waals surface area contributed by atoms with Crippen LogP contribution in [0.25, 0.3) is 0 Å². The summed E-state index contributed by atoms with van der Waals surface area (Å²) in [5.41, 5.74) is 0.512. The Bertz CT molecular complexity index is 572. The van der Waals surface area contributed by atoms with E-state index in [0.29, 0.717) is 5.02 Å². The van der Waals surface area contributed by atoms with Gasteiger partial charge in [-0.25, -0.2) is 0 Å². The van der Waals surface area contributed by atoms with Crippen molar-refractivity contribution in [3.63, 3.8) is 0 Å². The molecule has 2 aliphatic heterocycles. The number of aliphatic hydroxyl groups is 1. The highest BCUT2D eigenvalue weighted by Gasteiger charge is 2.48. The molecule has 2 heterocycles. The van der Waals surface area contributed by atoms with E-state index in [-0.39, 0.29) is 12.5 Å². The SMILES string of the molecule is CC1(N2CCN(CCCO)CC2)CCN(c2ccc(Cl)cc2)C1=O. The summed E-state index contributed by atoms with van der Waals surface area (Å²) < 4.78 is 0. The molecule has 1 unspecified atom stereocenters. The Labute approximate surface area is 148 Å². The number of hydrogen-bond acceptors (Lipinski definition) is 4. The highest BCUT2D eigenvalue weighted by atomic mass is 35.5. The number of piperazine rings is 1. The molecule has 0 saturated carbocycles. The van der Waals surface area contributed by atoms with Crippen molar-refractivity contribution in [1.82, 2.24) is 9.80 Å². The molecule has 1 atom stereocenters. The minimum atomic E-state index is -0.414. The van der Waals surface area contributed by atoms with Crippen molar-refractivity contribution in [2.75, 3.05) is 50.8 Å². The third kappa shape index (κ3) is 3.45. The number of benzene rings is 1. The van der Waals surface area contributed by atoms with Crippen LogP contribution in [0.15, 0.2) is 24.3 Å². The first-order valence-electron chi connectivity index (χ1n) is 8.70. The summed E-state index contributed by atoms with van der Waals surface area (Å²) in [6.07, 6.45) is 1.67. The molecule has 1 amide bonds. The Balaban J connectivity index is 1.64. The van der Waals surface area contributed by atoms with Gasteiger partial charge in [0.25, 0.3) is 0 Å². The predicted molar refractivity (Wildman–Crippen MR) is 96.5 cm³/mol. The largest absolute Gasteiger partial charge is 0.396 e. The molecule has 3 rings (SSSR count). The molecule has 0 bridgehead atoms. The maximum absolute atomic E-state index is 13.1. The summed E-state index contributed by atoms with van der Waals surface area (Å²) in [4.78, 5) is 19.7. The van der Waals surface area contributed by atoms with Crippen LogP contribution in [-0.2, 0) is 4.79 Å². The minimum absolute atomic E-state index is 0.189. The van der Waals surface area contributed by atoms with E-state index >= 15 is 0 Å². The number of rotatable bonds is 5. The number of nitrogens with zero attached hydrogens (tertiary/aromatic N) is 3. The van der Waals surface area contributed by atoms with Gasteiger partial charge in [0.1, 0.15) is 0 Å². The molecule has 2 aliphatic rings. The van der Waals surface area contributed by atoms with E-state index in [1.165, 1.54) is 0 Å². The van der Waals surface area contributed by atoms with E-state index in [1.54, 1.807) is 0 Å². The Morgan fingerprint density at radius 1 is 1.12 bits per heavy atom. The van der Waals surface area contributed by atoms with Gasteiger partial charge in [-0.15, -0.1) is 0 Å². The fraction of sp³-hybridized carbons (Fsp3) is 0.611. The van der Waals surface area contributed by atoms with Crippen LogP contribution in [0.3, 0.4) is 0 Å². The van der Waals surface area contributed by atoms with Gasteiger partial charge in [0, 0.05) is 56.6 Å². The smallest absolute Gasteiger partial charge is 0.247 e. The van der Waals surface area contributed by atoms with Crippen LogP contribution < -0.4 is 4.90 Å². The lowest BCUT2D eigenvalue weighted by atomic mass is 9.97. The molecule has 0 aliphatic carbocycles. The average molecular weight is 352 g/mol. The monoisotopic (exact) mass is 351 g/mol. The van der Waals surface area contributed by atoms with Gasteiger partial charge < -0.3 is 14.9 Å². The standard InChI is InChI=1S/C18H26ClN3O2/c1-18(21-12-10-20(11-13-21)8-2-14-23)7-9-22(17(18)24)16-5-3-15(19)4-6-16/h3-6,23H,2,7-14H2,1H3. The van der Waals surface area contributed by atoms with Crippen molar-refractivity contribution >= 4 is 23.2 Å². The number of anilines is 1. The molecule has 2 saturated heterocycles. The lowest BCUT2D eigenvalue weighted by Crippen LogP contribution is -2.59. The van der Waals surface area contributed by atoms with Crippen molar-refractivity contribution in [3.05, 3.63) is 29.3 Å². The number of halogens is 1. The number of carbonyl (C=O) groups is 1. The Morgan fingerprint density at radius 3 is 2.42 bits per heavy atom. The van der Waals surface area contributed by atoms with E-state index < -0.39 is 5.54 Å². The van der Waals surface area contributed by atoms with Crippen molar-refractivity contribution < 1.29 is 9.90 Å². The third-order valence-corrected chi connectivity index (χ3v) is 5.62. The van der Waals surface area contributed by atoms with Crippen LogP contribution in [0.5, 0.6) is 0 Å². The van der Waals surface area contributed by atoms with Gasteiger partial charge in [-0.05, 0) is 44.0 Å². The molecular weight excluding hydrogens is 326 g/mol. The Kier molecular flexibility index (Phi) is 5.45. The van der Waals surface area contributed by atoms with Gasteiger partial charge in [-0.1, -0.05) is 11.6 Å². The normalized spacial score (nSPS) is 26.3. The second-order valence-electron chi connectivity index (χ2n) is 6.86. The van der Waals surface area contributed by atoms with Crippen LogP contribution in [0.1, 0.15) is 19.8 Å². The molecule has 1 aromatic rings. The summed E-state index contributed by atoms with van der Waals surface area (Å²) in [5, 5.41) is 9.64. The van der Waals surface area contributed by atoms with E-state index in [4.69, 9.17) is 16.7 Å². The number of hydrogen-bond donors (Lipinski definition) is 1. The minimum Gasteiger partial charge on any atom is -0.396 e. The quantitative estimate of drug-likeness (QED) is 0.879. The molecule has 132 valence electrons. The zero-order valence-corrected chi connectivity index (χ0v) is 15.0. The first kappa shape index (κ1) is 17.7. The molecule has 2 fully saturated rings. The fourth-order valence-electron chi connectivity index (χ4n) is 3.75. The molecule has 0 spiro atoms. The summed E-state index contributed by atoms with van der Waals surface area (Å²) in [7, 11) is 0. The predicted octanol–water partition coefficient (Wildman–Crippen LogP) is 1.84. The van der Waals surface area contributed by atoms with Crippen LogP contribution in [0.4, 0.5) is 5.69 Å². The summed E-state index contributed by atoms with van der Waals surface area (Å²) >= 11 is 5.95. The molecule has 1 aromatic carbocycles. The van der Waals surface area contributed by atoms with Gasteiger partial charge in [0.05, 0.1) is 5.54 Å². The number of carbonyl (C=O) groups excluding carboxylic acids is 1. The van der Waals surface area contributed by atoms with Crippen LogP contribution >= 0.6 is 11.6 Å². The van der Waals surface area contributed by atoms with E-state index in [9.17, 15) is 4.79 Å². The van der Waals surface area contributed by atoms with Crippen molar-refractivity contribution in [3.8, 4) is 0 Å². The highest BCUT2D eigenvalue weighted by Crippen LogP contribution is 2.33. The highest BCUT2D eigenvalue weighted by molar-refractivity contribution is 6.30. The van der Waals surface area contributed by atoms with Crippen molar-refractivity contribution in [2.45, 2.75) is 25.3 Å². The molecule has 0 radical (unpaired) electrons. The molecule has 1 N–H and O–H groups in total. The zero-order valence-electron chi connectivity index (χ0n) is 14.2. The lowest BCUT2D eigenvalue weighted by molar-refractivity contribution is -0.128. The van der Waals surface area contributed by atoms with Crippen LogP contribution in [-0.4, -0.2) is 72.2 Å². The lowest BCUT2D eigenvalue weighted by Gasteiger charge is -2.42. The summed E-state index contributed by atoms with van der Waals surface area (Å²) in [6.45, 7) is 7.74. The summed E-state index contributed by atoms with van der Waals surface area (Å²) in [6, 6.07) is 7.50. The topological polar surface area (TPSA) is 47.0 Å². The maximum atomic E-state index is 13.1. The molecular formula is C18H26ClN3O2. The second-order valence-corrected chi connectivity index (χ2v) is 7.30. The average Bonchev–Trinajstić information content (AvgIpc) is 2.91. The summed E-state index contributed by atoms with van der Waals surface area (Å²) in [5.74, 6) is 0.189. The van der Waals surface area contributed by atoms with Crippen LogP contribution in [0, 0.1) is 0 Å². The van der Waals surface area contributed by atoms with Gasteiger partial charge in [0.2, 0.25) is 5.91 Å². The van der Waals surface area contributed by atoms with Gasteiger partial charge >= 0.3 is 0 Å². The Morgan fingerprint density at radius 2 is 1.79 bits per heavy atom. The van der Waals surface area contributed by atoms with E-state index in [1.807, 2.05) is 29.2 Å². The molecule has 0 aromatic heterocycles. The van der Waals surface area contributed by atoms with Gasteiger partial charge in [-0.3, -0.25) is 9.69 Å². The first-order valence-corrected chi connectivity index (χ1v) is 9.08. The van der Waals surface area contributed by atoms with Crippen molar-refractivity contribution in [2.24, 2.45) is 0 Å². The Hall–Kier alpha value is -1.14. The van der Waals surface area contributed by atoms with E-state index in [2.05, 4.69) is 16.7 Å². The fourth-order valence-corrected chi connectivity index (χ4v) is 3.87. The number of aliphatic hydroxyl groups excluding tert-OH is 1. The zero-order chi connectivity index (χ0) is 17.2. The van der Waals surface area contributed by atoms with E-state index in [0.717, 1.165) is 57.8 Å². The van der Waals surface area contributed by atoms with Crippen LogP contribution in [0.2, 0.25) is 5.02 Å². The first-order chi connectivity index (χ1) is 11.5. The third-order valence-electron chi connectivity index (χ3n) is 5.37. The van der Waals surface area contributed by atoms with Gasteiger partial charge in [-0.2, -0.15) is 0 Å². The second kappa shape index (κ2) is 7.40. The van der Waals surface area contributed by atoms with Crippen molar-refractivity contribution in [1.29, 1.82) is 0 Å². The molecule has 5 nitrogen and oxygen atoms in total. The molecule has 6 heteroatoms.